The molecule has 0 aromatic heterocycles. The Balaban J connectivity index is 0.00000169. The van der Waals surface area contributed by atoms with Gasteiger partial charge in [0, 0.05) is 5.69 Å². The van der Waals surface area contributed by atoms with Gasteiger partial charge in [-0.2, -0.15) is 0 Å². The second kappa shape index (κ2) is 5.40. The summed E-state index contributed by atoms with van der Waals surface area (Å²) in [6.07, 6.45) is 0. The van der Waals surface area contributed by atoms with Crippen LogP contribution in [-0.2, 0) is 0 Å². The van der Waals surface area contributed by atoms with Crippen LogP contribution in [0.25, 0.3) is 0 Å². The molecule has 0 spiro atoms. The third kappa shape index (κ3) is 3.02. The van der Waals surface area contributed by atoms with E-state index in [9.17, 15) is 0 Å². The molecule has 2 N–H and O–H groups in total. The van der Waals surface area contributed by atoms with Crippen LogP contribution >= 0.6 is 17.0 Å². The first kappa shape index (κ1) is 13.5. The second-order valence-corrected chi connectivity index (χ2v) is 4.20. The molecular formula is C12H20BrN. The summed E-state index contributed by atoms with van der Waals surface area (Å²) < 4.78 is 0. The van der Waals surface area contributed by atoms with Gasteiger partial charge >= 0.3 is 0 Å². The van der Waals surface area contributed by atoms with Crippen LogP contribution in [0, 0.1) is 0 Å². The third-order valence-electron chi connectivity index (χ3n) is 2.40. The van der Waals surface area contributed by atoms with Crippen molar-refractivity contribution in [2.24, 2.45) is 0 Å². The third-order valence-corrected chi connectivity index (χ3v) is 2.40. The van der Waals surface area contributed by atoms with Crippen LogP contribution in [0.1, 0.15) is 50.7 Å². The van der Waals surface area contributed by atoms with Crippen molar-refractivity contribution in [3.63, 3.8) is 0 Å². The molecule has 0 bridgehead atoms. The van der Waals surface area contributed by atoms with Gasteiger partial charge in [-0.15, -0.1) is 17.0 Å². The van der Waals surface area contributed by atoms with Gasteiger partial charge in [-0.25, -0.2) is 0 Å². The molecule has 0 aliphatic rings. The van der Waals surface area contributed by atoms with E-state index in [1.54, 1.807) is 0 Å². The highest BCUT2D eigenvalue weighted by molar-refractivity contribution is 8.93. The van der Waals surface area contributed by atoms with Crippen LogP contribution in [0.3, 0.4) is 0 Å². The minimum Gasteiger partial charge on any atom is -0.398 e. The molecule has 0 radical (unpaired) electrons. The van der Waals surface area contributed by atoms with Crippen LogP contribution in [0.2, 0.25) is 0 Å². The smallest absolute Gasteiger partial charge is 0.0349 e. The van der Waals surface area contributed by atoms with Crippen molar-refractivity contribution in [3.8, 4) is 0 Å². The van der Waals surface area contributed by atoms with Crippen LogP contribution in [-0.4, -0.2) is 0 Å². The van der Waals surface area contributed by atoms with Crippen LogP contribution in [0.15, 0.2) is 18.2 Å². The van der Waals surface area contributed by atoms with Gasteiger partial charge in [-0.05, 0) is 29.0 Å². The first-order chi connectivity index (χ1) is 6.02. The van der Waals surface area contributed by atoms with E-state index in [1.807, 2.05) is 6.07 Å². The second-order valence-electron chi connectivity index (χ2n) is 4.20. The van der Waals surface area contributed by atoms with Gasteiger partial charge in [0.05, 0.1) is 0 Å². The fourth-order valence-corrected chi connectivity index (χ4v) is 1.45. The Kier molecular flexibility index (Phi) is 5.21. The van der Waals surface area contributed by atoms with E-state index in [4.69, 9.17) is 5.73 Å². The predicted molar refractivity (Wildman–Crippen MR) is 69.4 cm³/mol. The minimum absolute atomic E-state index is 0. The number of benzene rings is 1. The summed E-state index contributed by atoms with van der Waals surface area (Å²) in [5.41, 5.74) is 9.45. The zero-order valence-corrected chi connectivity index (χ0v) is 11.1. The van der Waals surface area contributed by atoms with Gasteiger partial charge < -0.3 is 5.73 Å². The molecule has 1 aromatic rings. The lowest BCUT2D eigenvalue weighted by Crippen LogP contribution is -1.98. The van der Waals surface area contributed by atoms with Gasteiger partial charge in [-0.3, -0.25) is 0 Å². The molecule has 80 valence electrons. The molecule has 1 aromatic carbocycles. The van der Waals surface area contributed by atoms with Crippen LogP contribution in [0.5, 0.6) is 0 Å². The topological polar surface area (TPSA) is 26.0 Å². The fraction of sp³-hybridized carbons (Fsp3) is 0.500. The van der Waals surface area contributed by atoms with Gasteiger partial charge in [-0.1, -0.05) is 39.8 Å². The maximum Gasteiger partial charge on any atom is 0.0349 e. The molecule has 0 aliphatic carbocycles. The van der Waals surface area contributed by atoms with E-state index in [0.717, 1.165) is 5.69 Å². The van der Waals surface area contributed by atoms with Crippen molar-refractivity contribution < 1.29 is 0 Å². The van der Waals surface area contributed by atoms with Gasteiger partial charge in [0.2, 0.25) is 0 Å². The molecule has 0 aliphatic heterocycles. The lowest BCUT2D eigenvalue weighted by atomic mass is 9.94. The van der Waals surface area contributed by atoms with Gasteiger partial charge in [0.25, 0.3) is 0 Å². The molecule has 0 saturated carbocycles. The van der Waals surface area contributed by atoms with E-state index < -0.39 is 0 Å². The maximum atomic E-state index is 5.89. The molecule has 0 fully saturated rings. The van der Waals surface area contributed by atoms with Crippen molar-refractivity contribution in [1.82, 2.24) is 0 Å². The Hall–Kier alpha value is -0.500. The summed E-state index contributed by atoms with van der Waals surface area (Å²) >= 11 is 0. The van der Waals surface area contributed by atoms with Crippen LogP contribution in [0.4, 0.5) is 5.69 Å². The first-order valence-electron chi connectivity index (χ1n) is 4.91. The van der Waals surface area contributed by atoms with E-state index >= 15 is 0 Å². The van der Waals surface area contributed by atoms with Crippen molar-refractivity contribution in [2.75, 3.05) is 5.73 Å². The van der Waals surface area contributed by atoms with Crippen molar-refractivity contribution in [3.05, 3.63) is 29.3 Å². The van der Waals surface area contributed by atoms with Crippen molar-refractivity contribution in [2.45, 2.75) is 39.5 Å². The Bertz CT molecular complexity index is 292. The minimum atomic E-state index is 0. The average molecular weight is 258 g/mol. The first-order valence-corrected chi connectivity index (χ1v) is 4.91. The van der Waals surface area contributed by atoms with Gasteiger partial charge in [0.1, 0.15) is 0 Å². The monoisotopic (exact) mass is 257 g/mol. The summed E-state index contributed by atoms with van der Waals surface area (Å²) in [6, 6.07) is 6.36. The maximum absolute atomic E-state index is 5.89. The number of nitrogens with two attached hydrogens (primary N) is 1. The standard InChI is InChI=1S/C12H19N.BrH/c1-8(2)10-5-6-12(13)11(7-10)9(3)4;/h5-9H,13H2,1-4H3;1H. The molecule has 14 heavy (non-hydrogen) atoms. The number of hydrogen-bond acceptors (Lipinski definition) is 1. The van der Waals surface area contributed by atoms with E-state index in [-0.39, 0.29) is 17.0 Å². The summed E-state index contributed by atoms with van der Waals surface area (Å²) in [5, 5.41) is 0. The molecule has 0 saturated heterocycles. The van der Waals surface area contributed by atoms with E-state index in [1.165, 1.54) is 11.1 Å². The number of nitrogen functional groups attached to an aromatic ring is 1. The zero-order chi connectivity index (χ0) is 10.0. The Morgan fingerprint density at radius 2 is 1.57 bits per heavy atom. The quantitative estimate of drug-likeness (QED) is 0.794. The van der Waals surface area contributed by atoms with Crippen LogP contribution < -0.4 is 5.73 Å². The summed E-state index contributed by atoms with van der Waals surface area (Å²) in [6.45, 7) is 8.76. The Morgan fingerprint density at radius 3 is 2.00 bits per heavy atom. The molecule has 0 unspecified atom stereocenters. The molecule has 0 atom stereocenters. The lowest BCUT2D eigenvalue weighted by molar-refractivity contribution is 0.836. The Morgan fingerprint density at radius 1 is 1.00 bits per heavy atom. The molecule has 2 heteroatoms. The molecule has 1 nitrogen and oxygen atoms in total. The largest absolute Gasteiger partial charge is 0.398 e. The number of halogens is 1. The summed E-state index contributed by atoms with van der Waals surface area (Å²) in [7, 11) is 0. The number of hydrogen-bond donors (Lipinski definition) is 1. The van der Waals surface area contributed by atoms with Gasteiger partial charge in [0.15, 0.2) is 0 Å². The predicted octanol–water partition coefficient (Wildman–Crippen LogP) is 4.09. The molecule has 0 heterocycles. The van der Waals surface area contributed by atoms with E-state index in [2.05, 4.69) is 39.8 Å². The zero-order valence-electron chi connectivity index (χ0n) is 9.37. The van der Waals surface area contributed by atoms with Crippen molar-refractivity contribution >= 4 is 22.7 Å². The summed E-state index contributed by atoms with van der Waals surface area (Å²) in [4.78, 5) is 0. The normalized spacial score (nSPS) is 10.4. The fourth-order valence-electron chi connectivity index (χ4n) is 1.45. The SMILES string of the molecule is Br.CC(C)c1ccc(N)c(C(C)C)c1. The van der Waals surface area contributed by atoms with Crippen molar-refractivity contribution in [1.29, 1.82) is 0 Å². The lowest BCUT2D eigenvalue weighted by Gasteiger charge is -2.13. The highest BCUT2D eigenvalue weighted by Gasteiger charge is 2.06. The number of rotatable bonds is 2. The summed E-state index contributed by atoms with van der Waals surface area (Å²) in [5.74, 6) is 1.09. The average Bonchev–Trinajstić information content (AvgIpc) is 2.04. The molecule has 1 rings (SSSR count). The highest BCUT2D eigenvalue weighted by Crippen LogP contribution is 2.25. The highest BCUT2D eigenvalue weighted by atomic mass is 79.9. The molecule has 0 amide bonds. The molecular weight excluding hydrogens is 238 g/mol. The van der Waals surface area contributed by atoms with E-state index in [0.29, 0.717) is 11.8 Å². The Labute approximate surface area is 97.5 Å². The number of anilines is 1.